The minimum absolute atomic E-state index is 0.0248. The zero-order valence-electron chi connectivity index (χ0n) is 14.8. The van der Waals surface area contributed by atoms with Gasteiger partial charge in [-0.2, -0.15) is 13.2 Å². The van der Waals surface area contributed by atoms with Crippen molar-refractivity contribution in [1.82, 2.24) is 14.7 Å². The van der Waals surface area contributed by atoms with Gasteiger partial charge in [-0.05, 0) is 41.3 Å². The summed E-state index contributed by atoms with van der Waals surface area (Å²) >= 11 is 0. The number of aromatic nitrogens is 2. The van der Waals surface area contributed by atoms with E-state index in [9.17, 15) is 21.6 Å². The van der Waals surface area contributed by atoms with Crippen LogP contribution in [0.2, 0.25) is 0 Å². The number of rotatable bonds is 6. The number of aromatic amines is 1. The van der Waals surface area contributed by atoms with Gasteiger partial charge >= 0.3 is 6.18 Å². The van der Waals surface area contributed by atoms with Gasteiger partial charge in [0.25, 0.3) is 0 Å². The van der Waals surface area contributed by atoms with Crippen LogP contribution in [0.1, 0.15) is 12.6 Å². The van der Waals surface area contributed by atoms with Crippen molar-refractivity contribution in [2.45, 2.75) is 18.0 Å². The van der Waals surface area contributed by atoms with Gasteiger partial charge in [-0.25, -0.2) is 18.1 Å². The second-order valence-corrected chi connectivity index (χ2v) is 8.23. The van der Waals surface area contributed by atoms with Gasteiger partial charge in [-0.15, -0.1) is 0 Å². The van der Waals surface area contributed by atoms with E-state index in [2.05, 4.69) is 14.7 Å². The molecule has 1 unspecified atom stereocenters. The molecule has 2 aromatic heterocycles. The summed E-state index contributed by atoms with van der Waals surface area (Å²) < 4.78 is 65.8. The summed E-state index contributed by atoms with van der Waals surface area (Å²) in [4.78, 5) is 6.20. The van der Waals surface area contributed by atoms with Crippen LogP contribution in [0.5, 0.6) is 0 Å². The molecule has 1 aromatic carbocycles. The van der Waals surface area contributed by atoms with E-state index in [1.807, 2.05) is 0 Å². The van der Waals surface area contributed by atoms with Gasteiger partial charge in [-0.1, -0.05) is 19.1 Å². The highest BCUT2D eigenvalue weighted by atomic mass is 32.2. The molecule has 2 heterocycles. The number of alkyl halides is 3. The zero-order chi connectivity index (χ0) is 20.5. The predicted octanol–water partition coefficient (Wildman–Crippen LogP) is 3.16. The number of aliphatic hydroxyl groups is 1. The van der Waals surface area contributed by atoms with Crippen LogP contribution in [0.25, 0.3) is 22.2 Å². The maximum Gasteiger partial charge on any atom is 0.431 e. The Kier molecular flexibility index (Phi) is 5.46. The third-order valence-corrected chi connectivity index (χ3v) is 5.69. The van der Waals surface area contributed by atoms with Crippen LogP contribution >= 0.6 is 0 Å². The number of pyridine rings is 1. The van der Waals surface area contributed by atoms with E-state index < -0.39 is 21.9 Å². The Labute approximate surface area is 159 Å². The molecular formula is C18H18F3N3O3S. The first-order valence-corrected chi connectivity index (χ1v) is 9.86. The second-order valence-electron chi connectivity index (χ2n) is 6.47. The number of nitrogens with one attached hydrogen (secondary N) is 2. The SMILES string of the molecule is CC(CO)CNS(=O)(=O)c1ccc(-c2ccnc3[nH]c(C(F)(F)F)cc23)cc1. The van der Waals surface area contributed by atoms with E-state index in [1.54, 1.807) is 13.0 Å². The summed E-state index contributed by atoms with van der Waals surface area (Å²) in [6.45, 7) is 1.65. The molecule has 0 radical (unpaired) electrons. The van der Waals surface area contributed by atoms with Crippen LogP contribution in [0.15, 0.2) is 47.5 Å². The summed E-state index contributed by atoms with van der Waals surface area (Å²) in [6.07, 6.45) is -3.13. The van der Waals surface area contributed by atoms with Crippen LogP contribution in [-0.4, -0.2) is 36.6 Å². The Morgan fingerprint density at radius 1 is 1.21 bits per heavy atom. The number of H-pyrrole nitrogens is 1. The number of hydrogen-bond donors (Lipinski definition) is 3. The molecule has 0 bridgehead atoms. The Morgan fingerprint density at radius 3 is 2.50 bits per heavy atom. The summed E-state index contributed by atoms with van der Waals surface area (Å²) in [6, 6.07) is 8.37. The normalized spacial score (nSPS) is 13.8. The number of benzene rings is 1. The highest BCUT2D eigenvalue weighted by Gasteiger charge is 2.33. The quantitative estimate of drug-likeness (QED) is 0.579. The molecule has 0 fully saturated rings. The third-order valence-electron chi connectivity index (χ3n) is 4.25. The van der Waals surface area contributed by atoms with Crippen LogP contribution in [0.4, 0.5) is 13.2 Å². The van der Waals surface area contributed by atoms with E-state index in [0.717, 1.165) is 6.07 Å². The predicted molar refractivity (Wildman–Crippen MR) is 98.0 cm³/mol. The minimum atomic E-state index is -4.52. The molecule has 6 nitrogen and oxygen atoms in total. The molecule has 3 rings (SSSR count). The van der Waals surface area contributed by atoms with Crippen LogP contribution in [0.3, 0.4) is 0 Å². The Balaban J connectivity index is 1.93. The average Bonchev–Trinajstić information content (AvgIpc) is 3.11. The van der Waals surface area contributed by atoms with Crippen molar-refractivity contribution >= 4 is 21.1 Å². The molecule has 0 spiro atoms. The molecule has 0 saturated carbocycles. The number of nitrogens with zero attached hydrogens (tertiary/aromatic N) is 1. The fourth-order valence-electron chi connectivity index (χ4n) is 2.64. The number of fused-ring (bicyclic) bond motifs is 1. The van der Waals surface area contributed by atoms with Gasteiger partial charge in [0.1, 0.15) is 11.3 Å². The van der Waals surface area contributed by atoms with E-state index >= 15 is 0 Å². The van der Waals surface area contributed by atoms with Gasteiger partial charge in [0, 0.05) is 24.7 Å². The lowest BCUT2D eigenvalue weighted by atomic mass is 10.0. The van der Waals surface area contributed by atoms with Crippen molar-refractivity contribution in [2.75, 3.05) is 13.2 Å². The number of halogens is 3. The second kappa shape index (κ2) is 7.53. The molecule has 0 aliphatic rings. The molecule has 10 heteroatoms. The van der Waals surface area contributed by atoms with Crippen LogP contribution in [0, 0.1) is 5.92 Å². The van der Waals surface area contributed by atoms with Gasteiger partial charge in [-0.3, -0.25) is 0 Å². The Bertz CT molecular complexity index is 1080. The van der Waals surface area contributed by atoms with Crippen molar-refractivity contribution in [3.05, 3.63) is 48.3 Å². The van der Waals surface area contributed by atoms with Crippen molar-refractivity contribution in [3.63, 3.8) is 0 Å². The maximum atomic E-state index is 13.0. The highest BCUT2D eigenvalue weighted by molar-refractivity contribution is 7.89. The standard InChI is InChI=1S/C18H18F3N3O3S/c1-11(10-25)9-23-28(26,27)13-4-2-12(3-5-13)14-6-7-22-17-15(14)8-16(24-17)18(19,20)21/h2-8,11,23,25H,9-10H2,1H3,(H,22,24). The van der Waals surface area contributed by atoms with Crippen LogP contribution in [-0.2, 0) is 16.2 Å². The number of aliphatic hydroxyl groups excluding tert-OH is 1. The number of hydrogen-bond acceptors (Lipinski definition) is 4. The van der Waals surface area contributed by atoms with Gasteiger partial charge in [0.2, 0.25) is 10.0 Å². The fraction of sp³-hybridized carbons (Fsp3) is 0.278. The first-order chi connectivity index (χ1) is 13.1. The molecule has 0 saturated heterocycles. The monoisotopic (exact) mass is 413 g/mol. The van der Waals surface area contributed by atoms with Crippen LogP contribution < -0.4 is 4.72 Å². The van der Waals surface area contributed by atoms with Gasteiger partial charge in [0.05, 0.1) is 4.90 Å². The fourth-order valence-corrected chi connectivity index (χ4v) is 3.81. The van der Waals surface area contributed by atoms with Crippen molar-refractivity contribution in [1.29, 1.82) is 0 Å². The summed E-state index contributed by atoms with van der Waals surface area (Å²) in [5.74, 6) is -0.226. The molecule has 0 amide bonds. The van der Waals surface area contributed by atoms with E-state index in [0.29, 0.717) is 16.5 Å². The number of sulfonamides is 1. The molecule has 28 heavy (non-hydrogen) atoms. The van der Waals surface area contributed by atoms with Gasteiger partial charge in [0.15, 0.2) is 0 Å². The Morgan fingerprint density at radius 2 is 1.89 bits per heavy atom. The molecule has 0 aliphatic carbocycles. The molecule has 150 valence electrons. The average molecular weight is 413 g/mol. The van der Waals surface area contributed by atoms with Crippen molar-refractivity contribution < 1.29 is 26.7 Å². The van der Waals surface area contributed by atoms with Crippen molar-refractivity contribution in [3.8, 4) is 11.1 Å². The summed E-state index contributed by atoms with van der Waals surface area (Å²) in [7, 11) is -3.75. The Hall–Kier alpha value is -2.43. The zero-order valence-corrected chi connectivity index (χ0v) is 15.6. The highest BCUT2D eigenvalue weighted by Crippen LogP contribution is 2.34. The molecule has 3 N–H and O–H groups in total. The molecule has 0 aliphatic heterocycles. The third kappa shape index (κ3) is 4.18. The smallest absolute Gasteiger partial charge is 0.396 e. The lowest BCUT2D eigenvalue weighted by Crippen LogP contribution is -2.29. The summed E-state index contributed by atoms with van der Waals surface area (Å²) in [5.41, 5.74) is 0.260. The topological polar surface area (TPSA) is 95.1 Å². The lowest BCUT2D eigenvalue weighted by molar-refractivity contribution is -0.140. The van der Waals surface area contributed by atoms with Crippen molar-refractivity contribution in [2.24, 2.45) is 5.92 Å². The van der Waals surface area contributed by atoms with E-state index in [-0.39, 0.29) is 29.6 Å². The summed E-state index contributed by atoms with van der Waals surface area (Å²) in [5, 5.41) is 9.28. The molecular weight excluding hydrogens is 395 g/mol. The van der Waals surface area contributed by atoms with E-state index in [4.69, 9.17) is 5.11 Å². The maximum absolute atomic E-state index is 13.0. The lowest BCUT2D eigenvalue weighted by Gasteiger charge is -2.11. The molecule has 3 aromatic rings. The molecule has 1 atom stereocenters. The minimum Gasteiger partial charge on any atom is -0.396 e. The largest absolute Gasteiger partial charge is 0.431 e. The first-order valence-electron chi connectivity index (χ1n) is 8.37. The van der Waals surface area contributed by atoms with E-state index in [1.165, 1.54) is 30.5 Å². The van der Waals surface area contributed by atoms with Gasteiger partial charge < -0.3 is 10.1 Å². The first kappa shape index (κ1) is 20.3.